The lowest BCUT2D eigenvalue weighted by molar-refractivity contribution is -0.139. The average molecular weight is 451 g/mol. The topological polar surface area (TPSA) is 73.6 Å². The van der Waals surface area contributed by atoms with Crippen molar-refractivity contribution in [3.05, 3.63) is 71.6 Å². The zero-order valence-electron chi connectivity index (χ0n) is 19.8. The number of carbonyl (C=O) groups is 1. The maximum atomic E-state index is 11.6. The van der Waals surface area contributed by atoms with Crippen LogP contribution in [0.3, 0.4) is 0 Å². The van der Waals surface area contributed by atoms with Gasteiger partial charge in [0.1, 0.15) is 11.5 Å². The molecule has 0 aliphatic heterocycles. The van der Waals surface area contributed by atoms with Crippen LogP contribution in [0.2, 0.25) is 0 Å². The number of ether oxygens (including phenoxy) is 2. The third kappa shape index (κ3) is 7.46. The largest absolute Gasteiger partial charge is 0.493 e. The highest BCUT2D eigenvalue weighted by molar-refractivity contribution is 5.71. The fourth-order valence-electron chi connectivity index (χ4n) is 3.69. The van der Waals surface area contributed by atoms with Crippen LogP contribution in [0.4, 0.5) is 0 Å². The van der Waals surface area contributed by atoms with Gasteiger partial charge < -0.3 is 19.2 Å². The average Bonchev–Trinajstić information content (AvgIpc) is 3.22. The fourth-order valence-corrected chi connectivity index (χ4v) is 3.69. The lowest BCUT2D eigenvalue weighted by atomic mass is 10.0. The number of oxazole rings is 1. The number of aryl methyl sites for hydroxylation is 1. The molecule has 33 heavy (non-hydrogen) atoms. The number of nitrogens with zero attached hydrogens (tertiary/aromatic N) is 1. The number of esters is 1. The summed E-state index contributed by atoms with van der Waals surface area (Å²) in [5.41, 5.74) is 3.02. The second-order valence-corrected chi connectivity index (χ2v) is 8.06. The summed E-state index contributed by atoms with van der Waals surface area (Å²) in [5.74, 6) is 2.01. The first-order valence-corrected chi connectivity index (χ1v) is 11.7. The predicted molar refractivity (Wildman–Crippen MR) is 129 cm³/mol. The number of carbonyl (C=O) groups excluding carboxylic acids is 1. The van der Waals surface area contributed by atoms with Crippen molar-refractivity contribution in [3.8, 4) is 17.2 Å². The summed E-state index contributed by atoms with van der Waals surface area (Å²) in [7, 11) is 1.41. The minimum atomic E-state index is -0.256. The molecule has 2 aromatic carbocycles. The van der Waals surface area contributed by atoms with Gasteiger partial charge in [-0.25, -0.2) is 4.98 Å². The molecule has 1 heterocycles. The van der Waals surface area contributed by atoms with Gasteiger partial charge in [-0.2, -0.15) is 0 Å². The lowest BCUT2D eigenvalue weighted by Gasteiger charge is -2.19. The summed E-state index contributed by atoms with van der Waals surface area (Å²) in [6.07, 6.45) is 5.08. The van der Waals surface area contributed by atoms with E-state index in [1.54, 1.807) is 0 Å². The van der Waals surface area contributed by atoms with Crippen LogP contribution < -0.4 is 10.1 Å². The van der Waals surface area contributed by atoms with Crippen molar-refractivity contribution in [1.82, 2.24) is 10.3 Å². The number of unbranched alkanes of at least 4 members (excludes halogenated alkanes) is 2. The Labute approximate surface area is 196 Å². The molecule has 3 rings (SSSR count). The van der Waals surface area contributed by atoms with Crippen molar-refractivity contribution in [2.75, 3.05) is 20.3 Å². The van der Waals surface area contributed by atoms with E-state index in [0.29, 0.717) is 18.9 Å². The molecule has 0 saturated carbocycles. The van der Waals surface area contributed by atoms with E-state index in [1.807, 2.05) is 49.4 Å². The van der Waals surface area contributed by atoms with Crippen molar-refractivity contribution in [1.29, 1.82) is 0 Å². The maximum absolute atomic E-state index is 11.6. The number of aromatic nitrogens is 1. The highest BCUT2D eigenvalue weighted by atomic mass is 16.5. The molecule has 3 aromatic rings. The van der Waals surface area contributed by atoms with Gasteiger partial charge in [-0.3, -0.25) is 4.79 Å². The van der Waals surface area contributed by atoms with Gasteiger partial charge in [0.05, 0.1) is 26.0 Å². The molecule has 0 saturated heterocycles. The van der Waals surface area contributed by atoms with Crippen LogP contribution in [-0.4, -0.2) is 31.2 Å². The first kappa shape index (κ1) is 24.5. The van der Waals surface area contributed by atoms with E-state index in [9.17, 15) is 4.79 Å². The summed E-state index contributed by atoms with van der Waals surface area (Å²) < 4.78 is 16.5. The van der Waals surface area contributed by atoms with Crippen molar-refractivity contribution in [3.63, 3.8) is 0 Å². The number of benzene rings is 2. The van der Waals surface area contributed by atoms with Gasteiger partial charge in [-0.05, 0) is 43.2 Å². The monoisotopic (exact) mass is 450 g/mol. The smallest absolute Gasteiger partial charge is 0.319 e. The summed E-state index contributed by atoms with van der Waals surface area (Å²) in [5, 5.41) is 3.32. The molecule has 0 spiro atoms. The van der Waals surface area contributed by atoms with Gasteiger partial charge in [0, 0.05) is 18.0 Å². The zero-order valence-corrected chi connectivity index (χ0v) is 19.8. The van der Waals surface area contributed by atoms with Crippen LogP contribution in [0, 0.1) is 6.92 Å². The molecular formula is C27H34N2O4. The van der Waals surface area contributed by atoms with Crippen molar-refractivity contribution in [2.45, 2.75) is 52.0 Å². The molecule has 0 radical (unpaired) electrons. The van der Waals surface area contributed by atoms with Gasteiger partial charge in [0.15, 0.2) is 0 Å². The Morgan fingerprint density at radius 1 is 1.09 bits per heavy atom. The quantitative estimate of drug-likeness (QED) is 0.268. The fraction of sp³-hybridized carbons (Fsp3) is 0.407. The Morgan fingerprint density at radius 3 is 2.55 bits per heavy atom. The molecule has 1 N–H and O–H groups in total. The van der Waals surface area contributed by atoms with E-state index in [-0.39, 0.29) is 18.6 Å². The normalized spacial score (nSPS) is 11.8. The number of nitrogens with one attached hydrogen (secondary N) is 1. The van der Waals surface area contributed by atoms with Crippen molar-refractivity contribution in [2.24, 2.45) is 0 Å². The number of hydrogen-bond donors (Lipinski definition) is 1. The van der Waals surface area contributed by atoms with Crippen molar-refractivity contribution < 1.29 is 18.7 Å². The molecule has 0 aliphatic rings. The Kier molecular flexibility index (Phi) is 9.51. The minimum absolute atomic E-state index is 0.110. The van der Waals surface area contributed by atoms with Crippen LogP contribution in [0.5, 0.6) is 5.75 Å². The Hall–Kier alpha value is -3.12. The van der Waals surface area contributed by atoms with E-state index < -0.39 is 0 Å². The molecule has 0 amide bonds. The highest BCUT2D eigenvalue weighted by Gasteiger charge is 2.14. The molecule has 1 aromatic heterocycles. The molecule has 176 valence electrons. The predicted octanol–water partition coefficient (Wildman–Crippen LogP) is 5.66. The molecule has 6 heteroatoms. The van der Waals surface area contributed by atoms with Crippen LogP contribution in [0.1, 0.15) is 55.7 Å². The van der Waals surface area contributed by atoms with Crippen molar-refractivity contribution >= 4 is 5.97 Å². The van der Waals surface area contributed by atoms with Gasteiger partial charge in [-0.1, -0.05) is 56.5 Å². The SMILES string of the molecule is CCCCC[C@H](NCC(=O)OC)c1ccc(OCCc2nc(-c3ccccc3)oc2C)cc1. The molecular weight excluding hydrogens is 416 g/mol. The summed E-state index contributed by atoms with van der Waals surface area (Å²) >= 11 is 0. The van der Waals surface area contributed by atoms with Gasteiger partial charge in [0.2, 0.25) is 5.89 Å². The van der Waals surface area contributed by atoms with E-state index >= 15 is 0 Å². The van der Waals surface area contributed by atoms with Gasteiger partial charge in [-0.15, -0.1) is 0 Å². The Balaban J connectivity index is 1.55. The third-order valence-electron chi connectivity index (χ3n) is 5.62. The molecule has 6 nitrogen and oxygen atoms in total. The highest BCUT2D eigenvalue weighted by Crippen LogP contribution is 2.24. The van der Waals surface area contributed by atoms with E-state index in [4.69, 9.17) is 13.9 Å². The molecule has 1 atom stereocenters. The summed E-state index contributed by atoms with van der Waals surface area (Å²) in [6, 6.07) is 18.1. The van der Waals surface area contributed by atoms with Crippen LogP contribution >= 0.6 is 0 Å². The minimum Gasteiger partial charge on any atom is -0.493 e. The molecule has 0 unspecified atom stereocenters. The molecule has 0 fully saturated rings. The third-order valence-corrected chi connectivity index (χ3v) is 5.62. The first-order valence-electron chi connectivity index (χ1n) is 11.7. The standard InChI is InChI=1S/C27H34N2O4/c1-4-5-7-12-25(28-19-26(30)31-3)21-13-15-23(16-14-21)32-18-17-24-20(2)33-27(29-24)22-10-8-6-9-11-22/h6,8-11,13-16,25,28H,4-5,7,12,17-19H2,1-3H3/t25-/m0/s1. The van der Waals surface area contributed by atoms with Gasteiger partial charge >= 0.3 is 5.97 Å². The Bertz CT molecular complexity index is 983. The van der Waals surface area contributed by atoms with Gasteiger partial charge in [0.25, 0.3) is 0 Å². The summed E-state index contributed by atoms with van der Waals surface area (Å²) in [4.78, 5) is 16.2. The molecule has 0 bridgehead atoms. The number of hydrogen-bond acceptors (Lipinski definition) is 6. The summed E-state index contributed by atoms with van der Waals surface area (Å²) in [6.45, 7) is 4.84. The van der Waals surface area contributed by atoms with E-state index in [0.717, 1.165) is 47.6 Å². The number of methoxy groups -OCH3 is 1. The zero-order chi connectivity index (χ0) is 23.5. The van der Waals surface area contributed by atoms with Crippen LogP contribution in [0.15, 0.2) is 59.0 Å². The first-order chi connectivity index (χ1) is 16.1. The van der Waals surface area contributed by atoms with Crippen LogP contribution in [-0.2, 0) is 16.0 Å². The van der Waals surface area contributed by atoms with E-state index in [2.05, 4.69) is 29.4 Å². The van der Waals surface area contributed by atoms with E-state index in [1.165, 1.54) is 13.5 Å². The number of rotatable bonds is 13. The lowest BCUT2D eigenvalue weighted by Crippen LogP contribution is -2.28. The second kappa shape index (κ2) is 12.8. The Morgan fingerprint density at radius 2 is 1.85 bits per heavy atom. The van der Waals surface area contributed by atoms with Crippen LogP contribution in [0.25, 0.3) is 11.5 Å². The second-order valence-electron chi connectivity index (χ2n) is 8.06. The molecule has 0 aliphatic carbocycles. The maximum Gasteiger partial charge on any atom is 0.319 e.